The molecular formula is C18H26O2. The Labute approximate surface area is 122 Å². The maximum Gasteiger partial charge on any atom is 0.122 e. The molecule has 1 aromatic rings. The predicted molar refractivity (Wildman–Crippen MR) is 81.0 cm³/mol. The molecule has 1 heterocycles. The van der Waals surface area contributed by atoms with Crippen LogP contribution in [-0.2, 0) is 0 Å². The van der Waals surface area contributed by atoms with Gasteiger partial charge in [0, 0.05) is 5.92 Å². The van der Waals surface area contributed by atoms with Crippen molar-refractivity contribution in [3.8, 4) is 5.75 Å². The van der Waals surface area contributed by atoms with E-state index in [0.29, 0.717) is 5.92 Å². The highest BCUT2D eigenvalue weighted by atomic mass is 16.5. The molecule has 1 aromatic carbocycles. The van der Waals surface area contributed by atoms with Gasteiger partial charge in [0.05, 0.1) is 12.7 Å². The Morgan fingerprint density at radius 3 is 2.95 bits per heavy atom. The Morgan fingerprint density at radius 2 is 2.10 bits per heavy atom. The van der Waals surface area contributed by atoms with Gasteiger partial charge in [0.2, 0.25) is 0 Å². The van der Waals surface area contributed by atoms with Crippen molar-refractivity contribution in [2.45, 2.75) is 57.5 Å². The lowest BCUT2D eigenvalue weighted by Gasteiger charge is -2.37. The van der Waals surface area contributed by atoms with E-state index in [1.165, 1.54) is 37.7 Å². The van der Waals surface area contributed by atoms with Crippen molar-refractivity contribution in [2.24, 2.45) is 11.8 Å². The van der Waals surface area contributed by atoms with Crippen LogP contribution in [0.3, 0.4) is 0 Å². The third kappa shape index (κ3) is 2.71. The summed E-state index contributed by atoms with van der Waals surface area (Å²) in [5.74, 6) is 2.54. The molecule has 1 fully saturated rings. The van der Waals surface area contributed by atoms with Gasteiger partial charge in [-0.05, 0) is 42.7 Å². The highest BCUT2D eigenvalue weighted by Gasteiger charge is 2.35. The Hall–Kier alpha value is -1.02. The summed E-state index contributed by atoms with van der Waals surface area (Å²) < 4.78 is 5.72. The maximum atomic E-state index is 10.9. The number of aliphatic hydroxyl groups excluding tert-OH is 1. The van der Waals surface area contributed by atoms with E-state index >= 15 is 0 Å². The molecule has 3 rings (SSSR count). The summed E-state index contributed by atoms with van der Waals surface area (Å²) in [5.41, 5.74) is 1.21. The minimum Gasteiger partial charge on any atom is -0.493 e. The lowest BCUT2D eigenvalue weighted by Crippen LogP contribution is -2.34. The summed E-state index contributed by atoms with van der Waals surface area (Å²) in [4.78, 5) is 0. The van der Waals surface area contributed by atoms with E-state index in [2.05, 4.69) is 19.1 Å². The van der Waals surface area contributed by atoms with Gasteiger partial charge in [-0.2, -0.15) is 0 Å². The quantitative estimate of drug-likeness (QED) is 0.898. The predicted octanol–water partition coefficient (Wildman–Crippen LogP) is 4.13. The van der Waals surface area contributed by atoms with Crippen LogP contribution in [0.1, 0.15) is 56.9 Å². The first kappa shape index (κ1) is 13.9. The van der Waals surface area contributed by atoms with Crippen LogP contribution in [0.2, 0.25) is 0 Å². The van der Waals surface area contributed by atoms with E-state index in [-0.39, 0.29) is 12.0 Å². The molecule has 4 atom stereocenters. The topological polar surface area (TPSA) is 29.5 Å². The smallest absolute Gasteiger partial charge is 0.122 e. The monoisotopic (exact) mass is 274 g/mol. The second kappa shape index (κ2) is 6.17. The summed E-state index contributed by atoms with van der Waals surface area (Å²) in [7, 11) is 0. The molecule has 0 amide bonds. The molecule has 0 saturated heterocycles. The number of aliphatic hydroxyl groups is 1. The minimum atomic E-state index is -0.200. The number of para-hydroxylation sites is 1. The van der Waals surface area contributed by atoms with Crippen LogP contribution in [0.25, 0.3) is 0 Å². The van der Waals surface area contributed by atoms with E-state index in [0.717, 1.165) is 24.7 Å². The highest BCUT2D eigenvalue weighted by molar-refractivity contribution is 5.38. The minimum absolute atomic E-state index is 0.200. The highest BCUT2D eigenvalue weighted by Crippen LogP contribution is 2.42. The van der Waals surface area contributed by atoms with Crippen LogP contribution >= 0.6 is 0 Å². The Kier molecular flexibility index (Phi) is 4.30. The number of benzene rings is 1. The molecule has 2 heteroatoms. The molecule has 0 bridgehead atoms. The lowest BCUT2D eigenvalue weighted by molar-refractivity contribution is 0.0345. The Morgan fingerprint density at radius 1 is 1.25 bits per heavy atom. The molecule has 1 aliphatic carbocycles. The number of hydrogen-bond acceptors (Lipinski definition) is 2. The van der Waals surface area contributed by atoms with Crippen LogP contribution in [-0.4, -0.2) is 17.8 Å². The second-order valence-electron chi connectivity index (χ2n) is 6.47. The first-order valence-electron chi connectivity index (χ1n) is 8.19. The fraction of sp³-hybridized carbons (Fsp3) is 0.667. The zero-order valence-corrected chi connectivity index (χ0v) is 12.4. The Bertz CT molecular complexity index is 443. The maximum absolute atomic E-state index is 10.9. The number of rotatable bonds is 3. The van der Waals surface area contributed by atoms with E-state index in [1.807, 2.05) is 12.1 Å². The molecular weight excluding hydrogens is 248 g/mol. The molecule has 2 aliphatic rings. The van der Waals surface area contributed by atoms with Crippen molar-refractivity contribution in [3.05, 3.63) is 29.8 Å². The zero-order valence-electron chi connectivity index (χ0n) is 12.4. The summed E-state index contributed by atoms with van der Waals surface area (Å²) in [5, 5.41) is 10.9. The van der Waals surface area contributed by atoms with Crippen molar-refractivity contribution in [3.63, 3.8) is 0 Å². The molecule has 1 saturated carbocycles. The van der Waals surface area contributed by atoms with Gasteiger partial charge in [-0.25, -0.2) is 0 Å². The average molecular weight is 274 g/mol. The number of hydrogen-bond donors (Lipinski definition) is 1. The molecule has 4 unspecified atom stereocenters. The van der Waals surface area contributed by atoms with Crippen LogP contribution in [0.4, 0.5) is 0 Å². The third-order valence-electron chi connectivity index (χ3n) is 5.30. The van der Waals surface area contributed by atoms with Crippen LogP contribution < -0.4 is 4.74 Å². The van der Waals surface area contributed by atoms with Crippen molar-refractivity contribution >= 4 is 0 Å². The van der Waals surface area contributed by atoms with E-state index in [1.54, 1.807) is 0 Å². The third-order valence-corrected chi connectivity index (χ3v) is 5.30. The zero-order chi connectivity index (χ0) is 13.9. The molecule has 1 aliphatic heterocycles. The van der Waals surface area contributed by atoms with Crippen molar-refractivity contribution in [2.75, 3.05) is 6.61 Å². The largest absolute Gasteiger partial charge is 0.493 e. The van der Waals surface area contributed by atoms with Gasteiger partial charge >= 0.3 is 0 Å². The van der Waals surface area contributed by atoms with E-state index in [9.17, 15) is 5.11 Å². The summed E-state index contributed by atoms with van der Waals surface area (Å²) in [6.07, 6.45) is 7.04. The summed E-state index contributed by atoms with van der Waals surface area (Å²) >= 11 is 0. The van der Waals surface area contributed by atoms with E-state index in [4.69, 9.17) is 4.74 Å². The second-order valence-corrected chi connectivity index (χ2v) is 6.47. The number of ether oxygens (including phenoxy) is 1. The Balaban J connectivity index is 1.76. The van der Waals surface area contributed by atoms with Gasteiger partial charge in [-0.1, -0.05) is 44.4 Å². The van der Waals surface area contributed by atoms with Crippen molar-refractivity contribution < 1.29 is 9.84 Å². The molecule has 0 aromatic heterocycles. The van der Waals surface area contributed by atoms with Crippen LogP contribution in [0, 0.1) is 11.8 Å². The fourth-order valence-corrected chi connectivity index (χ4v) is 4.07. The van der Waals surface area contributed by atoms with Gasteiger partial charge in [0.25, 0.3) is 0 Å². The number of fused-ring (bicyclic) bond motifs is 1. The molecule has 20 heavy (non-hydrogen) atoms. The molecule has 1 N–H and O–H groups in total. The van der Waals surface area contributed by atoms with Gasteiger partial charge in [-0.15, -0.1) is 0 Å². The summed E-state index contributed by atoms with van der Waals surface area (Å²) in [6, 6.07) is 8.23. The average Bonchev–Trinajstić information content (AvgIpc) is 2.53. The molecule has 110 valence electrons. The standard InChI is InChI=1S/C18H26O2/c1-2-13-6-5-7-14(12-13)18(19)16-10-11-20-17-9-4-3-8-15(16)17/h3-4,8-9,13-14,16,18-19H,2,5-7,10-12H2,1H3. The van der Waals surface area contributed by atoms with Gasteiger partial charge < -0.3 is 9.84 Å². The normalized spacial score (nSPS) is 31.2. The van der Waals surface area contributed by atoms with Gasteiger partial charge in [0.1, 0.15) is 5.75 Å². The lowest BCUT2D eigenvalue weighted by atomic mass is 9.72. The molecule has 2 nitrogen and oxygen atoms in total. The molecule has 0 spiro atoms. The van der Waals surface area contributed by atoms with Crippen molar-refractivity contribution in [1.29, 1.82) is 0 Å². The molecule has 0 radical (unpaired) electrons. The fourth-order valence-electron chi connectivity index (χ4n) is 4.07. The van der Waals surface area contributed by atoms with Crippen molar-refractivity contribution in [1.82, 2.24) is 0 Å². The first-order chi connectivity index (χ1) is 9.79. The summed E-state index contributed by atoms with van der Waals surface area (Å²) in [6.45, 7) is 3.02. The first-order valence-corrected chi connectivity index (χ1v) is 8.19. The van der Waals surface area contributed by atoms with Gasteiger partial charge in [0.15, 0.2) is 0 Å². The van der Waals surface area contributed by atoms with Gasteiger partial charge in [-0.3, -0.25) is 0 Å². The van der Waals surface area contributed by atoms with Crippen LogP contribution in [0.15, 0.2) is 24.3 Å². The van der Waals surface area contributed by atoms with Crippen LogP contribution in [0.5, 0.6) is 5.75 Å². The SMILES string of the molecule is CCC1CCCC(C(O)C2CCOc3ccccc32)C1. The van der Waals surface area contributed by atoms with E-state index < -0.39 is 0 Å².